The molecule has 0 atom stereocenters. The predicted octanol–water partition coefficient (Wildman–Crippen LogP) is 4.88. The molecule has 0 fully saturated rings. The number of Topliss-reactive ketones (excluding diaryl/α,β-unsaturated/α-hetero) is 1. The molecule has 0 radical (unpaired) electrons. The third kappa shape index (κ3) is 4.30. The van der Waals surface area contributed by atoms with Crippen LogP contribution in [0.1, 0.15) is 38.4 Å². The summed E-state index contributed by atoms with van der Waals surface area (Å²) in [4.78, 5) is 24.9. The van der Waals surface area contributed by atoms with E-state index >= 15 is 0 Å². The first kappa shape index (κ1) is 21.4. The van der Waals surface area contributed by atoms with Gasteiger partial charge in [-0.1, -0.05) is 12.1 Å². The minimum atomic E-state index is -0.584. The van der Waals surface area contributed by atoms with Gasteiger partial charge in [-0.25, -0.2) is 4.79 Å². The van der Waals surface area contributed by atoms with Gasteiger partial charge in [0.2, 0.25) is 12.6 Å². The third-order valence-corrected chi connectivity index (χ3v) is 5.63. The Morgan fingerprint density at radius 1 is 0.969 bits per heavy atom. The first-order valence-electron chi connectivity index (χ1n) is 10.4. The monoisotopic (exact) mass is 431 g/mol. The van der Waals surface area contributed by atoms with Gasteiger partial charge >= 0.3 is 5.97 Å². The number of carbonyl (C=O) groups excluding carboxylic acids is 2. The second-order valence-corrected chi connectivity index (χ2v) is 7.87. The van der Waals surface area contributed by atoms with Gasteiger partial charge in [-0.05, 0) is 80.8 Å². The van der Waals surface area contributed by atoms with Crippen LogP contribution in [0.4, 0.5) is 0 Å². The van der Waals surface area contributed by atoms with E-state index in [2.05, 4.69) is 26.0 Å². The molecule has 1 aliphatic rings. The summed E-state index contributed by atoms with van der Waals surface area (Å²) >= 11 is 0. The number of aryl methyl sites for hydroxylation is 3. The molecule has 6 nitrogen and oxygen atoms in total. The van der Waals surface area contributed by atoms with E-state index in [4.69, 9.17) is 14.2 Å². The molecule has 0 unspecified atom stereocenters. The molecule has 32 heavy (non-hydrogen) atoms. The minimum absolute atomic E-state index is 0.191. The Morgan fingerprint density at radius 2 is 1.75 bits per heavy atom. The molecule has 0 bridgehead atoms. The lowest BCUT2D eigenvalue weighted by molar-refractivity contribution is -0.136. The van der Waals surface area contributed by atoms with E-state index in [1.165, 1.54) is 17.2 Å². The molecule has 1 aromatic heterocycles. The number of benzene rings is 2. The van der Waals surface area contributed by atoms with Gasteiger partial charge in [0.1, 0.15) is 0 Å². The van der Waals surface area contributed by atoms with Crippen LogP contribution in [0.5, 0.6) is 11.5 Å². The van der Waals surface area contributed by atoms with Crippen molar-refractivity contribution in [2.45, 2.75) is 27.7 Å². The minimum Gasteiger partial charge on any atom is -0.454 e. The number of aromatic nitrogens is 1. The van der Waals surface area contributed by atoms with Crippen LogP contribution >= 0.6 is 0 Å². The predicted molar refractivity (Wildman–Crippen MR) is 122 cm³/mol. The molecule has 4 rings (SSSR count). The van der Waals surface area contributed by atoms with Gasteiger partial charge in [-0.2, -0.15) is 0 Å². The van der Waals surface area contributed by atoms with Crippen molar-refractivity contribution in [1.82, 2.24) is 4.57 Å². The zero-order valence-corrected chi connectivity index (χ0v) is 18.6. The summed E-state index contributed by atoms with van der Waals surface area (Å²) < 4.78 is 17.8. The molecule has 164 valence electrons. The van der Waals surface area contributed by atoms with Crippen molar-refractivity contribution in [1.29, 1.82) is 0 Å². The van der Waals surface area contributed by atoms with Crippen LogP contribution < -0.4 is 9.47 Å². The molecule has 0 N–H and O–H groups in total. The fourth-order valence-electron chi connectivity index (χ4n) is 3.75. The highest BCUT2D eigenvalue weighted by Crippen LogP contribution is 2.32. The van der Waals surface area contributed by atoms with Crippen LogP contribution in [0.15, 0.2) is 48.5 Å². The first-order chi connectivity index (χ1) is 15.3. The van der Waals surface area contributed by atoms with Crippen LogP contribution in [0.25, 0.3) is 11.8 Å². The van der Waals surface area contributed by atoms with E-state index in [1.807, 2.05) is 36.6 Å². The molecule has 0 spiro atoms. The summed E-state index contributed by atoms with van der Waals surface area (Å²) in [5, 5.41) is 0. The smallest absolute Gasteiger partial charge is 0.331 e. The molecule has 0 saturated heterocycles. The maximum absolute atomic E-state index is 12.7. The topological polar surface area (TPSA) is 66.8 Å². The summed E-state index contributed by atoms with van der Waals surface area (Å²) in [6.07, 6.45) is 2.91. The molecule has 1 aliphatic heterocycles. The van der Waals surface area contributed by atoms with Crippen molar-refractivity contribution in [2.24, 2.45) is 0 Å². The third-order valence-electron chi connectivity index (χ3n) is 5.63. The fourth-order valence-corrected chi connectivity index (χ4v) is 3.75. The maximum atomic E-state index is 12.7. The highest BCUT2D eigenvalue weighted by Gasteiger charge is 2.18. The van der Waals surface area contributed by atoms with E-state index < -0.39 is 5.97 Å². The van der Waals surface area contributed by atoms with Gasteiger partial charge in [0.25, 0.3) is 0 Å². The maximum Gasteiger partial charge on any atom is 0.331 e. The highest BCUT2D eigenvalue weighted by atomic mass is 16.7. The number of ether oxygens (including phenoxy) is 3. The average Bonchev–Trinajstić information content (AvgIpc) is 3.36. The van der Waals surface area contributed by atoms with Gasteiger partial charge in [0, 0.05) is 28.7 Å². The first-order valence-corrected chi connectivity index (χ1v) is 10.4. The van der Waals surface area contributed by atoms with E-state index in [1.54, 1.807) is 18.2 Å². The zero-order chi connectivity index (χ0) is 22.8. The number of hydrogen-bond acceptors (Lipinski definition) is 5. The van der Waals surface area contributed by atoms with Gasteiger partial charge in [-0.3, -0.25) is 4.79 Å². The second kappa shape index (κ2) is 8.75. The van der Waals surface area contributed by atoms with Crippen molar-refractivity contribution in [3.63, 3.8) is 0 Å². The molecular weight excluding hydrogens is 406 g/mol. The number of nitrogens with zero attached hydrogens (tertiary/aromatic N) is 1. The summed E-state index contributed by atoms with van der Waals surface area (Å²) in [5.74, 6) is 0.487. The molecule has 0 aliphatic carbocycles. The number of ketones is 1. The normalized spacial score (nSPS) is 12.4. The molecule has 6 heteroatoms. The molecular formula is C26H25NO5. The number of fused-ring (bicyclic) bond motifs is 1. The van der Waals surface area contributed by atoms with Gasteiger partial charge in [0.05, 0.1) is 0 Å². The van der Waals surface area contributed by atoms with E-state index in [9.17, 15) is 9.59 Å². The number of carbonyl (C=O) groups is 2. The summed E-state index contributed by atoms with van der Waals surface area (Å²) in [6, 6.07) is 13.4. The van der Waals surface area contributed by atoms with E-state index in [-0.39, 0.29) is 19.2 Å². The Balaban J connectivity index is 1.42. The van der Waals surface area contributed by atoms with Crippen molar-refractivity contribution >= 4 is 17.8 Å². The van der Waals surface area contributed by atoms with E-state index in [0.29, 0.717) is 17.1 Å². The van der Waals surface area contributed by atoms with Gasteiger partial charge < -0.3 is 18.8 Å². The molecule has 3 aromatic rings. The zero-order valence-electron chi connectivity index (χ0n) is 18.6. The summed E-state index contributed by atoms with van der Waals surface area (Å²) in [6.45, 7) is 7.86. The van der Waals surface area contributed by atoms with Crippen LogP contribution in [-0.4, -0.2) is 29.7 Å². The summed E-state index contributed by atoms with van der Waals surface area (Å²) in [5.41, 5.74) is 6.50. The Morgan fingerprint density at radius 3 is 2.53 bits per heavy atom. The number of esters is 1. The van der Waals surface area contributed by atoms with Crippen molar-refractivity contribution in [2.75, 3.05) is 13.4 Å². The Labute approximate surface area is 187 Å². The Bertz CT molecular complexity index is 1240. The lowest BCUT2D eigenvalue weighted by Gasteiger charge is -2.12. The van der Waals surface area contributed by atoms with E-state index in [0.717, 1.165) is 22.6 Å². The number of rotatable bonds is 6. The van der Waals surface area contributed by atoms with Crippen molar-refractivity contribution < 1.29 is 23.8 Å². The van der Waals surface area contributed by atoms with Crippen LogP contribution in [-0.2, 0) is 9.53 Å². The van der Waals surface area contributed by atoms with Crippen LogP contribution in [0.2, 0.25) is 0 Å². The van der Waals surface area contributed by atoms with Crippen molar-refractivity contribution in [3.05, 3.63) is 82.2 Å². The highest BCUT2D eigenvalue weighted by molar-refractivity contribution is 6.00. The molecule has 0 amide bonds. The Hall–Kier alpha value is -3.80. The lowest BCUT2D eigenvalue weighted by Crippen LogP contribution is -2.13. The lowest BCUT2D eigenvalue weighted by atomic mass is 10.1. The molecule has 0 saturated carbocycles. The van der Waals surface area contributed by atoms with Crippen LogP contribution in [0, 0.1) is 27.7 Å². The fraction of sp³-hybridized carbons (Fsp3) is 0.231. The quantitative estimate of drug-likeness (QED) is 0.316. The molecule has 2 heterocycles. The van der Waals surface area contributed by atoms with Crippen LogP contribution in [0.3, 0.4) is 0 Å². The standard InChI is InChI=1S/C26H25NO5/c1-16-5-8-21(11-17(16)2)27-18(3)12-22(19(27)4)23(28)14-30-26(29)10-7-20-6-9-24-25(13-20)32-15-31-24/h5-13H,14-15H2,1-4H3. The Kier molecular flexibility index (Phi) is 5.86. The van der Waals surface area contributed by atoms with Gasteiger partial charge in [-0.15, -0.1) is 0 Å². The van der Waals surface area contributed by atoms with Gasteiger partial charge in [0.15, 0.2) is 18.1 Å². The SMILES string of the molecule is Cc1ccc(-n2c(C)cc(C(=O)COC(=O)C=Cc3ccc4c(c3)OCO4)c2C)cc1C. The summed E-state index contributed by atoms with van der Waals surface area (Å²) in [7, 11) is 0. The largest absolute Gasteiger partial charge is 0.454 e. The average molecular weight is 431 g/mol. The molecule has 2 aromatic carbocycles. The number of hydrogen-bond donors (Lipinski definition) is 0. The second-order valence-electron chi connectivity index (χ2n) is 7.87. The van der Waals surface area contributed by atoms with Crippen molar-refractivity contribution in [3.8, 4) is 17.2 Å².